The Morgan fingerprint density at radius 2 is 2.06 bits per heavy atom. The zero-order chi connectivity index (χ0) is 12.8. The summed E-state index contributed by atoms with van der Waals surface area (Å²) in [6.07, 6.45) is 0.887. The summed E-state index contributed by atoms with van der Waals surface area (Å²) in [6.45, 7) is 0. The maximum absolute atomic E-state index is 12.9. The highest BCUT2D eigenvalue weighted by Gasteiger charge is 2.09. The SMILES string of the molecule is COC(=O)CCCC(=O)c1ccc(F)c(Br)c1. The largest absolute Gasteiger partial charge is 0.469 e. The van der Waals surface area contributed by atoms with E-state index in [4.69, 9.17) is 0 Å². The number of ether oxygens (including phenoxy) is 1. The molecule has 1 rings (SSSR count). The lowest BCUT2D eigenvalue weighted by atomic mass is 10.1. The van der Waals surface area contributed by atoms with Crippen molar-refractivity contribution in [3.8, 4) is 0 Å². The van der Waals surface area contributed by atoms with Crippen molar-refractivity contribution in [2.75, 3.05) is 7.11 Å². The maximum Gasteiger partial charge on any atom is 0.305 e. The normalized spacial score (nSPS) is 10.1. The number of hydrogen-bond acceptors (Lipinski definition) is 3. The van der Waals surface area contributed by atoms with Crippen LogP contribution >= 0.6 is 15.9 Å². The highest BCUT2D eigenvalue weighted by atomic mass is 79.9. The van der Waals surface area contributed by atoms with Crippen molar-refractivity contribution < 1.29 is 18.7 Å². The van der Waals surface area contributed by atoms with Crippen LogP contribution in [0.1, 0.15) is 29.6 Å². The molecule has 0 fully saturated rings. The van der Waals surface area contributed by atoms with Crippen molar-refractivity contribution in [3.05, 3.63) is 34.1 Å². The Morgan fingerprint density at radius 1 is 1.35 bits per heavy atom. The topological polar surface area (TPSA) is 43.4 Å². The molecule has 0 heterocycles. The number of methoxy groups -OCH3 is 1. The molecule has 5 heteroatoms. The second-order valence-corrected chi connectivity index (χ2v) is 4.34. The number of halogens is 2. The number of ketones is 1. The van der Waals surface area contributed by atoms with Gasteiger partial charge in [0.1, 0.15) is 5.82 Å². The third-order valence-corrected chi connectivity index (χ3v) is 2.86. The summed E-state index contributed by atoms with van der Waals surface area (Å²) in [6, 6.07) is 4.11. The Morgan fingerprint density at radius 3 is 2.65 bits per heavy atom. The Balaban J connectivity index is 2.52. The van der Waals surface area contributed by atoms with Crippen LogP contribution < -0.4 is 0 Å². The van der Waals surface area contributed by atoms with Crippen LogP contribution in [0.15, 0.2) is 22.7 Å². The number of rotatable bonds is 5. The van der Waals surface area contributed by atoms with Crippen molar-refractivity contribution >= 4 is 27.7 Å². The van der Waals surface area contributed by atoms with E-state index in [0.29, 0.717) is 12.0 Å². The van der Waals surface area contributed by atoms with Gasteiger partial charge in [0.05, 0.1) is 11.6 Å². The van der Waals surface area contributed by atoms with Crippen molar-refractivity contribution in [1.82, 2.24) is 0 Å². The minimum Gasteiger partial charge on any atom is -0.469 e. The molecule has 1 aromatic carbocycles. The van der Waals surface area contributed by atoms with Crippen LogP contribution in [0, 0.1) is 5.82 Å². The summed E-state index contributed by atoms with van der Waals surface area (Å²) >= 11 is 3.02. The second-order valence-electron chi connectivity index (χ2n) is 3.48. The Kier molecular flexibility index (Phi) is 5.28. The number of carbonyl (C=O) groups is 2. The van der Waals surface area contributed by atoms with Gasteiger partial charge in [0.25, 0.3) is 0 Å². The van der Waals surface area contributed by atoms with E-state index in [2.05, 4.69) is 20.7 Å². The predicted octanol–water partition coefficient (Wildman–Crippen LogP) is 3.11. The zero-order valence-corrected chi connectivity index (χ0v) is 10.9. The fourth-order valence-electron chi connectivity index (χ4n) is 1.31. The highest BCUT2D eigenvalue weighted by molar-refractivity contribution is 9.10. The first-order chi connectivity index (χ1) is 8.04. The van der Waals surface area contributed by atoms with E-state index < -0.39 is 5.82 Å². The molecule has 92 valence electrons. The summed E-state index contributed by atoms with van der Waals surface area (Å²) in [5.74, 6) is -0.858. The molecule has 0 spiro atoms. The number of benzene rings is 1. The van der Waals surface area contributed by atoms with Gasteiger partial charge in [-0.1, -0.05) is 0 Å². The standard InChI is InChI=1S/C12H12BrFO3/c1-17-12(16)4-2-3-11(15)8-5-6-10(14)9(13)7-8/h5-7H,2-4H2,1H3. The monoisotopic (exact) mass is 302 g/mol. The average molecular weight is 303 g/mol. The van der Waals surface area contributed by atoms with E-state index in [1.165, 1.54) is 25.3 Å². The molecule has 1 aromatic rings. The van der Waals surface area contributed by atoms with Crippen LogP contribution in [-0.4, -0.2) is 18.9 Å². The van der Waals surface area contributed by atoms with Gasteiger partial charge in [-0.3, -0.25) is 9.59 Å². The Bertz CT molecular complexity index is 432. The number of Topliss-reactive ketones (excluding diaryl/α,β-unsaturated/α-hetero) is 1. The first kappa shape index (κ1) is 13.8. The third-order valence-electron chi connectivity index (χ3n) is 2.25. The highest BCUT2D eigenvalue weighted by Crippen LogP contribution is 2.18. The van der Waals surface area contributed by atoms with Crippen LogP contribution in [-0.2, 0) is 9.53 Å². The van der Waals surface area contributed by atoms with Gasteiger partial charge in [-0.15, -0.1) is 0 Å². The van der Waals surface area contributed by atoms with Crippen LogP contribution in [0.5, 0.6) is 0 Å². The predicted molar refractivity (Wildman–Crippen MR) is 64.3 cm³/mol. The van der Waals surface area contributed by atoms with E-state index in [1.54, 1.807) is 0 Å². The van der Waals surface area contributed by atoms with E-state index in [-0.39, 0.29) is 29.1 Å². The maximum atomic E-state index is 12.9. The molecule has 0 unspecified atom stereocenters. The average Bonchev–Trinajstić information content (AvgIpc) is 2.32. The van der Waals surface area contributed by atoms with Gasteiger partial charge in [0.2, 0.25) is 0 Å². The van der Waals surface area contributed by atoms with Crippen LogP contribution in [0.3, 0.4) is 0 Å². The lowest BCUT2D eigenvalue weighted by molar-refractivity contribution is -0.140. The van der Waals surface area contributed by atoms with Gasteiger partial charge in [-0.25, -0.2) is 4.39 Å². The summed E-state index contributed by atoms with van der Waals surface area (Å²) in [5.41, 5.74) is 0.433. The van der Waals surface area contributed by atoms with Crippen LogP contribution in [0.4, 0.5) is 4.39 Å². The molecule has 0 saturated heterocycles. The molecule has 0 aromatic heterocycles. The summed E-state index contributed by atoms with van der Waals surface area (Å²) in [5, 5.41) is 0. The fourth-order valence-corrected chi connectivity index (χ4v) is 1.69. The van der Waals surface area contributed by atoms with Crippen LogP contribution in [0.2, 0.25) is 0 Å². The molecule has 0 aliphatic rings. The molecule has 3 nitrogen and oxygen atoms in total. The lowest BCUT2D eigenvalue weighted by Crippen LogP contribution is -2.04. The van der Waals surface area contributed by atoms with Gasteiger partial charge in [-0.05, 0) is 40.5 Å². The van der Waals surface area contributed by atoms with Crippen molar-refractivity contribution in [2.24, 2.45) is 0 Å². The van der Waals surface area contributed by atoms with Crippen molar-refractivity contribution in [2.45, 2.75) is 19.3 Å². The van der Waals surface area contributed by atoms with Gasteiger partial charge in [0.15, 0.2) is 5.78 Å². The van der Waals surface area contributed by atoms with Gasteiger partial charge >= 0.3 is 5.97 Å². The van der Waals surface area contributed by atoms with Crippen molar-refractivity contribution in [3.63, 3.8) is 0 Å². The Hall–Kier alpha value is -1.23. The first-order valence-corrected chi connectivity index (χ1v) is 5.89. The molecule has 0 aliphatic heterocycles. The van der Waals surface area contributed by atoms with Gasteiger partial charge in [-0.2, -0.15) is 0 Å². The molecule has 17 heavy (non-hydrogen) atoms. The molecular weight excluding hydrogens is 291 g/mol. The van der Waals surface area contributed by atoms with Gasteiger partial charge < -0.3 is 4.74 Å². The molecular formula is C12H12BrFO3. The van der Waals surface area contributed by atoms with Crippen LogP contribution in [0.25, 0.3) is 0 Å². The molecule has 0 N–H and O–H groups in total. The summed E-state index contributed by atoms with van der Waals surface area (Å²) < 4.78 is 17.7. The molecule has 0 aliphatic carbocycles. The first-order valence-electron chi connectivity index (χ1n) is 5.09. The lowest BCUT2D eigenvalue weighted by Gasteiger charge is -2.02. The molecule has 0 amide bonds. The number of esters is 1. The second kappa shape index (κ2) is 6.49. The zero-order valence-electron chi connectivity index (χ0n) is 9.33. The smallest absolute Gasteiger partial charge is 0.305 e. The van der Waals surface area contributed by atoms with Crippen molar-refractivity contribution in [1.29, 1.82) is 0 Å². The minimum atomic E-state index is -0.406. The van der Waals surface area contributed by atoms with E-state index in [9.17, 15) is 14.0 Å². The molecule has 0 bridgehead atoms. The number of carbonyl (C=O) groups excluding carboxylic acids is 2. The van der Waals surface area contributed by atoms with Gasteiger partial charge in [0, 0.05) is 18.4 Å². The fraction of sp³-hybridized carbons (Fsp3) is 0.333. The molecule has 0 atom stereocenters. The summed E-state index contributed by atoms with van der Waals surface area (Å²) in [4.78, 5) is 22.5. The molecule has 0 radical (unpaired) electrons. The minimum absolute atomic E-state index is 0.116. The molecule has 0 saturated carbocycles. The number of hydrogen-bond donors (Lipinski definition) is 0. The summed E-state index contributed by atoms with van der Waals surface area (Å²) in [7, 11) is 1.31. The quantitative estimate of drug-likeness (QED) is 0.620. The van der Waals surface area contributed by atoms with E-state index >= 15 is 0 Å². The van der Waals surface area contributed by atoms with E-state index in [1.807, 2.05) is 0 Å². The van der Waals surface area contributed by atoms with E-state index in [0.717, 1.165) is 0 Å². The Labute approximate surface area is 107 Å². The third kappa shape index (κ3) is 4.26.